The van der Waals surface area contributed by atoms with Gasteiger partial charge >= 0.3 is 5.97 Å². The Balaban J connectivity index is 1.69. The van der Waals surface area contributed by atoms with Crippen LogP contribution in [0.1, 0.15) is 41.0 Å². The number of Topliss-reactive ketones (excluding diaryl/α,β-unsaturated/α-hetero) is 1. The van der Waals surface area contributed by atoms with E-state index in [1.807, 2.05) is 0 Å². The molecular formula is C21H22N2O6S. The number of ether oxygens (including phenoxy) is 1. The van der Waals surface area contributed by atoms with E-state index in [-0.39, 0.29) is 17.1 Å². The van der Waals surface area contributed by atoms with Crippen LogP contribution in [0, 0.1) is 0 Å². The summed E-state index contributed by atoms with van der Waals surface area (Å²) in [6.45, 7) is 3.16. The van der Waals surface area contributed by atoms with Gasteiger partial charge in [-0.15, -0.1) is 0 Å². The summed E-state index contributed by atoms with van der Waals surface area (Å²) in [5.41, 5.74) is 1.20. The fourth-order valence-corrected chi connectivity index (χ4v) is 4.69. The second-order valence-electron chi connectivity index (χ2n) is 6.93. The van der Waals surface area contributed by atoms with Gasteiger partial charge in [0.25, 0.3) is 5.91 Å². The molecule has 0 bridgehead atoms. The molecule has 1 amide bonds. The van der Waals surface area contributed by atoms with E-state index in [4.69, 9.17) is 4.74 Å². The Morgan fingerprint density at radius 2 is 1.83 bits per heavy atom. The van der Waals surface area contributed by atoms with Crippen molar-refractivity contribution < 1.29 is 27.5 Å². The predicted octanol–water partition coefficient (Wildman–Crippen LogP) is 2.61. The maximum absolute atomic E-state index is 12.5. The van der Waals surface area contributed by atoms with Crippen molar-refractivity contribution in [1.29, 1.82) is 0 Å². The molecule has 30 heavy (non-hydrogen) atoms. The zero-order valence-electron chi connectivity index (χ0n) is 16.6. The normalized spacial score (nSPS) is 16.0. The molecule has 8 nitrogen and oxygen atoms in total. The van der Waals surface area contributed by atoms with Crippen LogP contribution in [-0.4, -0.2) is 44.5 Å². The average Bonchev–Trinajstić information content (AvgIpc) is 3.07. The Morgan fingerprint density at radius 1 is 1.10 bits per heavy atom. The second-order valence-corrected chi connectivity index (χ2v) is 8.94. The highest BCUT2D eigenvalue weighted by molar-refractivity contribution is 7.93. The van der Waals surface area contributed by atoms with Gasteiger partial charge in [0, 0.05) is 12.1 Å². The SMILES string of the molecule is CC(=O)c1ccccc1NC(=O)C(C)OC(=O)c1cccc(N2CCCS2(=O)=O)c1. The summed E-state index contributed by atoms with van der Waals surface area (Å²) in [4.78, 5) is 36.6. The zero-order valence-corrected chi connectivity index (χ0v) is 17.4. The molecule has 0 spiro atoms. The van der Waals surface area contributed by atoms with E-state index in [1.165, 1.54) is 30.3 Å². The van der Waals surface area contributed by atoms with Gasteiger partial charge in [0.15, 0.2) is 11.9 Å². The minimum atomic E-state index is -3.38. The molecule has 2 aromatic rings. The van der Waals surface area contributed by atoms with Crippen LogP contribution in [0.15, 0.2) is 48.5 Å². The van der Waals surface area contributed by atoms with Crippen molar-refractivity contribution in [3.63, 3.8) is 0 Å². The first kappa shape index (κ1) is 21.5. The minimum absolute atomic E-state index is 0.0701. The highest BCUT2D eigenvalue weighted by Crippen LogP contribution is 2.25. The quantitative estimate of drug-likeness (QED) is 0.557. The molecule has 1 aliphatic heterocycles. The maximum Gasteiger partial charge on any atom is 0.338 e. The lowest BCUT2D eigenvalue weighted by Crippen LogP contribution is -2.30. The summed E-state index contributed by atoms with van der Waals surface area (Å²) in [5.74, 6) is -1.48. The maximum atomic E-state index is 12.5. The Hall–Kier alpha value is -3.20. The van der Waals surface area contributed by atoms with Gasteiger partial charge in [-0.05, 0) is 50.6 Å². The predicted molar refractivity (Wildman–Crippen MR) is 112 cm³/mol. The highest BCUT2D eigenvalue weighted by Gasteiger charge is 2.29. The number of hydrogen-bond donors (Lipinski definition) is 1. The lowest BCUT2D eigenvalue weighted by molar-refractivity contribution is -0.123. The molecule has 158 valence electrons. The number of benzene rings is 2. The van der Waals surface area contributed by atoms with Gasteiger partial charge in [-0.25, -0.2) is 13.2 Å². The van der Waals surface area contributed by atoms with Crippen LogP contribution in [0.3, 0.4) is 0 Å². The fourth-order valence-electron chi connectivity index (χ4n) is 3.13. The minimum Gasteiger partial charge on any atom is -0.449 e. The van der Waals surface area contributed by atoms with Gasteiger partial charge in [-0.2, -0.15) is 0 Å². The lowest BCUT2D eigenvalue weighted by Gasteiger charge is -2.18. The Kier molecular flexibility index (Phi) is 6.21. The van der Waals surface area contributed by atoms with Crippen LogP contribution in [0.5, 0.6) is 0 Å². The number of rotatable bonds is 6. The van der Waals surface area contributed by atoms with E-state index < -0.39 is 28.0 Å². The third-order valence-corrected chi connectivity index (χ3v) is 6.56. The highest BCUT2D eigenvalue weighted by atomic mass is 32.2. The van der Waals surface area contributed by atoms with Crippen molar-refractivity contribution in [2.45, 2.75) is 26.4 Å². The van der Waals surface area contributed by atoms with Crippen LogP contribution >= 0.6 is 0 Å². The topological polar surface area (TPSA) is 110 Å². The Labute approximate surface area is 174 Å². The molecule has 1 fully saturated rings. The number of amides is 1. The summed E-state index contributed by atoms with van der Waals surface area (Å²) < 4.78 is 30.7. The van der Waals surface area contributed by atoms with Gasteiger partial charge in [0.1, 0.15) is 0 Å². The number of hydrogen-bond acceptors (Lipinski definition) is 6. The average molecular weight is 430 g/mol. The number of ketones is 1. The molecule has 3 rings (SSSR count). The lowest BCUT2D eigenvalue weighted by atomic mass is 10.1. The number of nitrogens with one attached hydrogen (secondary N) is 1. The fraction of sp³-hybridized carbons (Fsp3) is 0.286. The van der Waals surface area contributed by atoms with E-state index >= 15 is 0 Å². The van der Waals surface area contributed by atoms with Gasteiger partial charge in [-0.3, -0.25) is 13.9 Å². The van der Waals surface area contributed by atoms with Gasteiger partial charge in [0.2, 0.25) is 10.0 Å². The number of carbonyl (C=O) groups excluding carboxylic acids is 3. The zero-order chi connectivity index (χ0) is 21.9. The van der Waals surface area contributed by atoms with Crippen LogP contribution in [0.25, 0.3) is 0 Å². The smallest absolute Gasteiger partial charge is 0.338 e. The first-order chi connectivity index (χ1) is 14.2. The van der Waals surface area contributed by atoms with E-state index in [1.54, 1.807) is 36.4 Å². The number of esters is 1. The number of para-hydroxylation sites is 1. The summed E-state index contributed by atoms with van der Waals surface area (Å²) in [5, 5.41) is 2.59. The molecule has 1 N–H and O–H groups in total. The first-order valence-electron chi connectivity index (χ1n) is 9.41. The van der Waals surface area contributed by atoms with Crippen molar-refractivity contribution in [3.8, 4) is 0 Å². The van der Waals surface area contributed by atoms with Gasteiger partial charge < -0.3 is 10.1 Å². The largest absolute Gasteiger partial charge is 0.449 e. The number of nitrogens with zero attached hydrogens (tertiary/aromatic N) is 1. The van der Waals surface area contributed by atoms with E-state index in [2.05, 4.69) is 5.32 Å². The second kappa shape index (κ2) is 8.66. The van der Waals surface area contributed by atoms with Crippen molar-refractivity contribution in [3.05, 3.63) is 59.7 Å². The van der Waals surface area contributed by atoms with Gasteiger partial charge in [-0.1, -0.05) is 18.2 Å². The molecule has 1 atom stereocenters. The monoisotopic (exact) mass is 430 g/mol. The number of sulfonamides is 1. The molecule has 0 aromatic heterocycles. The summed E-state index contributed by atoms with van der Waals surface area (Å²) in [7, 11) is -3.38. The Morgan fingerprint density at radius 3 is 2.50 bits per heavy atom. The van der Waals surface area contributed by atoms with E-state index in [0.29, 0.717) is 29.9 Å². The molecule has 1 unspecified atom stereocenters. The molecule has 1 saturated heterocycles. The number of carbonyl (C=O) groups is 3. The Bertz CT molecular complexity index is 1100. The molecular weight excluding hydrogens is 408 g/mol. The molecule has 0 saturated carbocycles. The molecule has 1 heterocycles. The van der Waals surface area contributed by atoms with Crippen LogP contribution < -0.4 is 9.62 Å². The summed E-state index contributed by atoms with van der Waals surface area (Å²) >= 11 is 0. The van der Waals surface area contributed by atoms with Crippen molar-refractivity contribution >= 4 is 39.1 Å². The molecule has 0 aliphatic carbocycles. The third-order valence-electron chi connectivity index (χ3n) is 4.69. The van der Waals surface area contributed by atoms with Crippen molar-refractivity contribution in [2.75, 3.05) is 21.9 Å². The summed E-state index contributed by atoms with van der Waals surface area (Å²) in [6.07, 6.45) is -0.604. The van der Waals surface area contributed by atoms with Crippen molar-refractivity contribution in [2.24, 2.45) is 0 Å². The van der Waals surface area contributed by atoms with Crippen LogP contribution in [-0.2, 0) is 19.6 Å². The van der Waals surface area contributed by atoms with Crippen molar-refractivity contribution in [1.82, 2.24) is 0 Å². The first-order valence-corrected chi connectivity index (χ1v) is 11.0. The standard InChI is InChI=1S/C21H22N2O6S/c1-14(24)18-9-3-4-10-19(18)22-20(25)15(2)29-21(26)16-7-5-8-17(13-16)23-11-6-12-30(23,27)28/h3-5,7-10,13,15H,6,11-12H2,1-2H3,(H,22,25). The summed E-state index contributed by atoms with van der Waals surface area (Å²) in [6, 6.07) is 12.6. The van der Waals surface area contributed by atoms with E-state index in [9.17, 15) is 22.8 Å². The number of anilines is 2. The van der Waals surface area contributed by atoms with Crippen LogP contribution in [0.4, 0.5) is 11.4 Å². The molecule has 0 radical (unpaired) electrons. The van der Waals surface area contributed by atoms with E-state index in [0.717, 1.165) is 0 Å². The third kappa shape index (κ3) is 4.68. The molecule has 1 aliphatic rings. The van der Waals surface area contributed by atoms with Crippen LogP contribution in [0.2, 0.25) is 0 Å². The molecule has 2 aromatic carbocycles. The van der Waals surface area contributed by atoms with Gasteiger partial charge in [0.05, 0.1) is 22.7 Å². The molecule has 9 heteroatoms.